The molecular formula is C17H16N6O. The van der Waals surface area contributed by atoms with Crippen LogP contribution in [0, 0.1) is 0 Å². The van der Waals surface area contributed by atoms with E-state index in [4.69, 9.17) is 11.5 Å². The maximum atomic E-state index is 12.5. The van der Waals surface area contributed by atoms with Gasteiger partial charge in [0.1, 0.15) is 5.65 Å². The largest absolute Gasteiger partial charge is 0.378 e. The van der Waals surface area contributed by atoms with Gasteiger partial charge in [-0.3, -0.25) is 9.36 Å². The number of hydrogen-bond acceptors (Lipinski definition) is 5. The van der Waals surface area contributed by atoms with E-state index in [1.807, 2.05) is 19.1 Å². The summed E-state index contributed by atoms with van der Waals surface area (Å²) in [6.07, 6.45) is 6.80. The number of nitrogens with two attached hydrogens (primary N) is 2. The number of hydrogen-bond donors (Lipinski definition) is 3. The Morgan fingerprint density at radius 2 is 2.25 bits per heavy atom. The van der Waals surface area contributed by atoms with Gasteiger partial charge in [0.25, 0.3) is 0 Å². The molecule has 3 rings (SSSR count). The minimum atomic E-state index is -0.155. The molecule has 0 atom stereocenters. The lowest BCUT2D eigenvalue weighted by Gasteiger charge is -2.07. The number of aromatic nitrogens is 4. The monoisotopic (exact) mass is 320 g/mol. The second-order valence-electron chi connectivity index (χ2n) is 5.02. The van der Waals surface area contributed by atoms with Crippen molar-refractivity contribution in [2.45, 2.75) is 6.92 Å². The average Bonchev–Trinajstić information content (AvgIpc) is 2.90. The van der Waals surface area contributed by atoms with E-state index in [0.29, 0.717) is 28.0 Å². The first-order chi connectivity index (χ1) is 11.6. The number of anilines is 1. The minimum Gasteiger partial charge on any atom is -0.378 e. The molecule has 0 unspecified atom stereocenters. The van der Waals surface area contributed by atoms with E-state index in [1.165, 1.54) is 6.07 Å². The van der Waals surface area contributed by atoms with Crippen LogP contribution < -0.4 is 16.9 Å². The van der Waals surface area contributed by atoms with Crippen LogP contribution in [0.3, 0.4) is 0 Å². The zero-order valence-electron chi connectivity index (χ0n) is 13.1. The zero-order valence-corrected chi connectivity index (χ0v) is 13.1. The predicted octanol–water partition coefficient (Wildman–Crippen LogP) is 1.94. The summed E-state index contributed by atoms with van der Waals surface area (Å²) in [7, 11) is 0. The molecule has 0 radical (unpaired) electrons. The number of pyridine rings is 1. The number of H-pyrrole nitrogens is 1. The van der Waals surface area contributed by atoms with Crippen molar-refractivity contribution in [2.24, 2.45) is 5.73 Å². The van der Waals surface area contributed by atoms with Crippen molar-refractivity contribution in [1.82, 2.24) is 19.5 Å². The highest BCUT2D eigenvalue weighted by Crippen LogP contribution is 2.33. The maximum Gasteiger partial charge on any atom is 0.220 e. The Kier molecular flexibility index (Phi) is 3.77. The SMILES string of the molecule is C=C=C(N)n1c(/C=C\C)c(-c2ccnc(N)n2)c2c(=O)cc[nH]c21. The third-order valence-corrected chi connectivity index (χ3v) is 3.59. The molecule has 7 heteroatoms. The predicted molar refractivity (Wildman–Crippen MR) is 95.7 cm³/mol. The molecule has 0 aromatic carbocycles. The van der Waals surface area contributed by atoms with E-state index in [2.05, 4.69) is 27.3 Å². The molecule has 0 fully saturated rings. The smallest absolute Gasteiger partial charge is 0.220 e. The Balaban J connectivity index is 2.59. The number of fused-ring (bicyclic) bond motifs is 1. The van der Waals surface area contributed by atoms with Crippen LogP contribution in [0.25, 0.3) is 34.2 Å². The lowest BCUT2D eigenvalue weighted by atomic mass is 10.1. The van der Waals surface area contributed by atoms with E-state index in [0.717, 1.165) is 0 Å². The second-order valence-corrected chi connectivity index (χ2v) is 5.02. The molecular weight excluding hydrogens is 304 g/mol. The van der Waals surface area contributed by atoms with E-state index in [9.17, 15) is 4.79 Å². The number of nitrogens with one attached hydrogen (secondary N) is 1. The molecule has 0 bridgehead atoms. The van der Waals surface area contributed by atoms with Crippen LogP contribution in [0.15, 0.2) is 47.7 Å². The van der Waals surface area contributed by atoms with Gasteiger partial charge in [0.15, 0.2) is 11.2 Å². The molecule has 3 aromatic heterocycles. The van der Waals surface area contributed by atoms with Crippen LogP contribution in [0.4, 0.5) is 5.95 Å². The van der Waals surface area contributed by atoms with Crippen LogP contribution in [0.2, 0.25) is 0 Å². The molecule has 0 saturated heterocycles. The van der Waals surface area contributed by atoms with Crippen LogP contribution in [0.1, 0.15) is 12.6 Å². The molecule has 24 heavy (non-hydrogen) atoms. The Morgan fingerprint density at radius 1 is 1.46 bits per heavy atom. The third kappa shape index (κ3) is 2.29. The molecule has 5 N–H and O–H groups in total. The van der Waals surface area contributed by atoms with Crippen molar-refractivity contribution in [3.63, 3.8) is 0 Å². The highest BCUT2D eigenvalue weighted by Gasteiger charge is 2.21. The molecule has 0 amide bonds. The van der Waals surface area contributed by atoms with Gasteiger partial charge in [-0.15, -0.1) is 0 Å². The van der Waals surface area contributed by atoms with Crippen LogP contribution in [-0.2, 0) is 0 Å². The van der Waals surface area contributed by atoms with Crippen molar-refractivity contribution in [1.29, 1.82) is 0 Å². The van der Waals surface area contributed by atoms with Gasteiger partial charge in [0.05, 0.1) is 16.8 Å². The van der Waals surface area contributed by atoms with Crippen LogP contribution >= 0.6 is 0 Å². The van der Waals surface area contributed by atoms with Gasteiger partial charge in [-0.1, -0.05) is 18.4 Å². The fraction of sp³-hybridized carbons (Fsp3) is 0.0588. The van der Waals surface area contributed by atoms with Gasteiger partial charge < -0.3 is 16.5 Å². The maximum absolute atomic E-state index is 12.5. The summed E-state index contributed by atoms with van der Waals surface area (Å²) in [4.78, 5) is 23.7. The van der Waals surface area contributed by atoms with E-state index in [1.54, 1.807) is 23.0 Å². The first-order valence-corrected chi connectivity index (χ1v) is 7.22. The van der Waals surface area contributed by atoms with Gasteiger partial charge in [-0.25, -0.2) is 9.97 Å². The number of aromatic amines is 1. The molecule has 0 aliphatic carbocycles. The molecule has 7 nitrogen and oxygen atoms in total. The molecule has 0 aliphatic rings. The summed E-state index contributed by atoms with van der Waals surface area (Å²) in [5.41, 5.74) is 16.6. The van der Waals surface area contributed by atoms with Crippen molar-refractivity contribution in [3.05, 3.63) is 58.8 Å². The number of rotatable bonds is 3. The minimum absolute atomic E-state index is 0.124. The highest BCUT2D eigenvalue weighted by atomic mass is 16.1. The lowest BCUT2D eigenvalue weighted by molar-refractivity contribution is 1.08. The molecule has 3 heterocycles. The van der Waals surface area contributed by atoms with Crippen molar-refractivity contribution < 1.29 is 0 Å². The molecule has 120 valence electrons. The van der Waals surface area contributed by atoms with Crippen molar-refractivity contribution >= 4 is 28.9 Å². The number of nitrogen functional groups attached to an aromatic ring is 1. The van der Waals surface area contributed by atoms with Crippen molar-refractivity contribution in [2.75, 3.05) is 5.73 Å². The first-order valence-electron chi connectivity index (χ1n) is 7.22. The van der Waals surface area contributed by atoms with Gasteiger partial charge in [0.2, 0.25) is 5.95 Å². The van der Waals surface area contributed by atoms with Crippen LogP contribution in [0.5, 0.6) is 0 Å². The summed E-state index contributed by atoms with van der Waals surface area (Å²) in [5.74, 6) is 0.391. The number of allylic oxidation sites excluding steroid dienone is 1. The Hall–Kier alpha value is -3.57. The topological polar surface area (TPSA) is 116 Å². The first kappa shape index (κ1) is 15.3. The summed E-state index contributed by atoms with van der Waals surface area (Å²) in [5, 5.41) is 0.460. The summed E-state index contributed by atoms with van der Waals surface area (Å²) in [6.45, 7) is 5.46. The summed E-state index contributed by atoms with van der Waals surface area (Å²) < 4.78 is 1.68. The molecule has 0 saturated carbocycles. The quantitative estimate of drug-likeness (QED) is 0.638. The van der Waals surface area contributed by atoms with E-state index in [-0.39, 0.29) is 17.2 Å². The fourth-order valence-electron chi connectivity index (χ4n) is 2.66. The van der Waals surface area contributed by atoms with Gasteiger partial charge in [-0.05, 0) is 19.1 Å². The van der Waals surface area contributed by atoms with E-state index >= 15 is 0 Å². The lowest BCUT2D eigenvalue weighted by Crippen LogP contribution is -2.08. The fourth-order valence-corrected chi connectivity index (χ4v) is 2.66. The molecule has 0 aliphatic heterocycles. The molecule has 0 spiro atoms. The van der Waals surface area contributed by atoms with Gasteiger partial charge >= 0.3 is 0 Å². The van der Waals surface area contributed by atoms with Crippen LogP contribution in [-0.4, -0.2) is 19.5 Å². The highest BCUT2D eigenvalue weighted by molar-refractivity contribution is 6.00. The molecule has 3 aromatic rings. The van der Waals surface area contributed by atoms with Gasteiger partial charge in [-0.2, -0.15) is 0 Å². The zero-order chi connectivity index (χ0) is 17.3. The average molecular weight is 320 g/mol. The Morgan fingerprint density at radius 3 is 2.92 bits per heavy atom. The standard InChI is InChI=1S/C17H16N6O/c1-3-5-11-14(10-6-8-21-17(19)22-10)15-12(24)7-9-20-16(15)23(11)13(18)4-2/h3,5-9H,2,18H2,1H3,(H,20,24)(H2,19,21,22)/b5-3-. The summed E-state index contributed by atoms with van der Waals surface area (Å²) >= 11 is 0. The Bertz CT molecular complexity index is 1070. The summed E-state index contributed by atoms with van der Waals surface area (Å²) in [6, 6.07) is 3.15. The normalized spacial score (nSPS) is 11.0. The van der Waals surface area contributed by atoms with Crippen molar-refractivity contribution in [3.8, 4) is 11.3 Å². The van der Waals surface area contributed by atoms with Gasteiger partial charge in [0, 0.05) is 24.0 Å². The number of nitrogens with zero attached hydrogens (tertiary/aromatic N) is 3. The van der Waals surface area contributed by atoms with E-state index < -0.39 is 0 Å². The second kappa shape index (κ2) is 5.91. The third-order valence-electron chi connectivity index (χ3n) is 3.59. The Labute approximate surface area is 137 Å².